The third kappa shape index (κ3) is 4.39. The second kappa shape index (κ2) is 6.22. The van der Waals surface area contributed by atoms with Crippen LogP contribution >= 0.6 is 0 Å². The monoisotopic (exact) mass is 227 g/mol. The molecule has 1 aliphatic heterocycles. The SMILES string of the molecule is CC(C)COCCCN=C1NC(=O)C(=O)N1. The lowest BCUT2D eigenvalue weighted by Crippen LogP contribution is -2.26. The highest BCUT2D eigenvalue weighted by molar-refractivity contribution is 6.45. The van der Waals surface area contributed by atoms with Gasteiger partial charge in [-0.05, 0) is 12.3 Å². The number of carbonyl (C=O) groups is 2. The van der Waals surface area contributed by atoms with Crippen LogP contribution in [0.2, 0.25) is 0 Å². The molecule has 0 aromatic heterocycles. The number of nitrogens with one attached hydrogen (secondary N) is 2. The van der Waals surface area contributed by atoms with Crippen LogP contribution in [-0.2, 0) is 14.3 Å². The second-order valence-electron chi connectivity index (χ2n) is 3.96. The topological polar surface area (TPSA) is 79.8 Å². The molecule has 0 aromatic carbocycles. The summed E-state index contributed by atoms with van der Waals surface area (Å²) in [5, 5.41) is 4.64. The van der Waals surface area contributed by atoms with Gasteiger partial charge in [0.15, 0.2) is 0 Å². The predicted molar refractivity (Wildman–Crippen MR) is 58.9 cm³/mol. The van der Waals surface area contributed by atoms with Crippen molar-refractivity contribution in [1.82, 2.24) is 10.6 Å². The van der Waals surface area contributed by atoms with Crippen molar-refractivity contribution in [3.05, 3.63) is 0 Å². The number of amides is 2. The average molecular weight is 227 g/mol. The van der Waals surface area contributed by atoms with Crippen molar-refractivity contribution in [3.8, 4) is 0 Å². The Balaban J connectivity index is 2.09. The standard InChI is InChI=1S/C10H17N3O3/c1-7(2)6-16-5-3-4-11-10-12-8(14)9(15)13-10/h7H,3-6H2,1-2H3,(H2,11,12,13,14,15). The van der Waals surface area contributed by atoms with Gasteiger partial charge in [0, 0.05) is 19.8 Å². The number of ether oxygens (including phenoxy) is 1. The van der Waals surface area contributed by atoms with E-state index in [1.165, 1.54) is 0 Å². The maximum atomic E-state index is 10.8. The molecule has 0 bridgehead atoms. The number of guanidine groups is 1. The van der Waals surface area contributed by atoms with Crippen LogP contribution in [0.1, 0.15) is 20.3 Å². The van der Waals surface area contributed by atoms with Gasteiger partial charge in [0.1, 0.15) is 0 Å². The third-order valence-electron chi connectivity index (χ3n) is 1.84. The molecule has 1 fully saturated rings. The summed E-state index contributed by atoms with van der Waals surface area (Å²) < 4.78 is 5.36. The minimum atomic E-state index is -0.658. The molecule has 0 atom stereocenters. The van der Waals surface area contributed by atoms with Crippen molar-refractivity contribution in [2.75, 3.05) is 19.8 Å². The maximum Gasteiger partial charge on any atom is 0.316 e. The predicted octanol–water partition coefficient (Wildman–Crippen LogP) is -0.349. The van der Waals surface area contributed by atoms with Gasteiger partial charge in [-0.15, -0.1) is 0 Å². The van der Waals surface area contributed by atoms with E-state index < -0.39 is 11.8 Å². The van der Waals surface area contributed by atoms with E-state index >= 15 is 0 Å². The van der Waals surface area contributed by atoms with E-state index in [0.29, 0.717) is 19.1 Å². The fourth-order valence-corrected chi connectivity index (χ4v) is 1.12. The zero-order chi connectivity index (χ0) is 12.0. The van der Waals surface area contributed by atoms with Gasteiger partial charge in [-0.3, -0.25) is 25.2 Å². The molecule has 90 valence electrons. The molecule has 6 nitrogen and oxygen atoms in total. The van der Waals surface area contributed by atoms with Gasteiger partial charge in [0.2, 0.25) is 5.96 Å². The Bertz CT molecular complexity index is 282. The Morgan fingerprint density at radius 3 is 2.44 bits per heavy atom. The zero-order valence-corrected chi connectivity index (χ0v) is 9.58. The first-order valence-corrected chi connectivity index (χ1v) is 5.34. The first-order valence-electron chi connectivity index (χ1n) is 5.34. The molecule has 0 saturated carbocycles. The molecule has 0 aromatic rings. The molecule has 0 spiro atoms. The molecule has 0 radical (unpaired) electrons. The smallest absolute Gasteiger partial charge is 0.316 e. The number of aliphatic imine (C=N–C) groups is 1. The van der Waals surface area contributed by atoms with E-state index in [-0.39, 0.29) is 5.96 Å². The number of nitrogens with zero attached hydrogens (tertiary/aromatic N) is 1. The summed E-state index contributed by atoms with van der Waals surface area (Å²) in [5.74, 6) is -0.553. The quantitative estimate of drug-likeness (QED) is 0.481. The maximum absolute atomic E-state index is 10.8. The molecular weight excluding hydrogens is 210 g/mol. The van der Waals surface area contributed by atoms with Crippen molar-refractivity contribution in [2.45, 2.75) is 20.3 Å². The molecule has 1 rings (SSSR count). The van der Waals surface area contributed by atoms with E-state index in [4.69, 9.17) is 4.74 Å². The van der Waals surface area contributed by atoms with Crippen LogP contribution in [0.5, 0.6) is 0 Å². The highest BCUT2D eigenvalue weighted by Gasteiger charge is 2.24. The fraction of sp³-hybridized carbons (Fsp3) is 0.700. The Morgan fingerprint density at radius 1 is 1.25 bits per heavy atom. The summed E-state index contributed by atoms with van der Waals surface area (Å²) in [4.78, 5) is 25.5. The summed E-state index contributed by atoms with van der Waals surface area (Å²) in [5.41, 5.74) is 0. The fourth-order valence-electron chi connectivity index (χ4n) is 1.12. The molecule has 16 heavy (non-hydrogen) atoms. The zero-order valence-electron chi connectivity index (χ0n) is 9.58. The number of hydrogen-bond donors (Lipinski definition) is 2. The van der Waals surface area contributed by atoms with E-state index in [9.17, 15) is 9.59 Å². The first kappa shape index (κ1) is 12.6. The van der Waals surface area contributed by atoms with Gasteiger partial charge >= 0.3 is 11.8 Å². The summed E-state index contributed by atoms with van der Waals surface area (Å²) in [6.07, 6.45) is 0.766. The molecule has 1 saturated heterocycles. The van der Waals surface area contributed by atoms with Crippen molar-refractivity contribution in [1.29, 1.82) is 0 Å². The molecule has 2 N–H and O–H groups in total. The van der Waals surface area contributed by atoms with Crippen molar-refractivity contribution in [2.24, 2.45) is 10.9 Å². The van der Waals surface area contributed by atoms with Crippen LogP contribution in [-0.4, -0.2) is 37.5 Å². The van der Waals surface area contributed by atoms with Gasteiger partial charge < -0.3 is 4.74 Å². The Labute approximate surface area is 94.4 Å². The molecule has 1 heterocycles. The average Bonchev–Trinajstić information content (AvgIpc) is 2.52. The number of hydrogen-bond acceptors (Lipinski definition) is 4. The first-order chi connectivity index (χ1) is 7.59. The third-order valence-corrected chi connectivity index (χ3v) is 1.84. The molecular formula is C10H17N3O3. The van der Waals surface area contributed by atoms with Crippen molar-refractivity contribution >= 4 is 17.8 Å². The Kier molecular flexibility index (Phi) is 4.91. The van der Waals surface area contributed by atoms with E-state index in [1.807, 2.05) is 0 Å². The van der Waals surface area contributed by atoms with E-state index in [0.717, 1.165) is 13.0 Å². The van der Waals surface area contributed by atoms with Crippen LogP contribution in [0.25, 0.3) is 0 Å². The second-order valence-corrected chi connectivity index (χ2v) is 3.96. The van der Waals surface area contributed by atoms with Crippen LogP contribution in [0.15, 0.2) is 4.99 Å². The highest BCUT2D eigenvalue weighted by atomic mass is 16.5. The van der Waals surface area contributed by atoms with Gasteiger partial charge in [-0.1, -0.05) is 13.8 Å². The van der Waals surface area contributed by atoms with Gasteiger partial charge in [0.25, 0.3) is 0 Å². The molecule has 1 aliphatic rings. The lowest BCUT2D eigenvalue weighted by Gasteiger charge is -2.05. The largest absolute Gasteiger partial charge is 0.381 e. The summed E-state index contributed by atoms with van der Waals surface area (Å²) >= 11 is 0. The molecule has 2 amide bonds. The minimum absolute atomic E-state index is 0.235. The number of carbonyl (C=O) groups excluding carboxylic acids is 2. The van der Waals surface area contributed by atoms with Gasteiger partial charge in [0.05, 0.1) is 0 Å². The molecule has 0 unspecified atom stereocenters. The lowest BCUT2D eigenvalue weighted by molar-refractivity contribution is -0.135. The summed E-state index contributed by atoms with van der Waals surface area (Å²) in [6, 6.07) is 0. The van der Waals surface area contributed by atoms with Crippen LogP contribution in [0.3, 0.4) is 0 Å². The van der Waals surface area contributed by atoms with Crippen molar-refractivity contribution in [3.63, 3.8) is 0 Å². The minimum Gasteiger partial charge on any atom is -0.381 e. The molecule has 0 aliphatic carbocycles. The Morgan fingerprint density at radius 2 is 1.88 bits per heavy atom. The normalized spacial score (nSPS) is 15.3. The highest BCUT2D eigenvalue weighted by Crippen LogP contribution is 1.94. The van der Waals surface area contributed by atoms with Crippen LogP contribution in [0.4, 0.5) is 0 Å². The van der Waals surface area contributed by atoms with Crippen molar-refractivity contribution < 1.29 is 14.3 Å². The lowest BCUT2D eigenvalue weighted by atomic mass is 10.2. The Hall–Kier alpha value is -1.43. The van der Waals surface area contributed by atoms with E-state index in [2.05, 4.69) is 29.5 Å². The summed E-state index contributed by atoms with van der Waals surface area (Å²) in [6.45, 7) is 6.07. The van der Waals surface area contributed by atoms with E-state index in [1.54, 1.807) is 0 Å². The number of rotatable bonds is 6. The van der Waals surface area contributed by atoms with Gasteiger partial charge in [-0.2, -0.15) is 0 Å². The van der Waals surface area contributed by atoms with Crippen LogP contribution < -0.4 is 10.6 Å². The van der Waals surface area contributed by atoms with Crippen LogP contribution in [0, 0.1) is 5.92 Å². The molecule has 6 heteroatoms. The summed E-state index contributed by atoms with van der Waals surface area (Å²) in [7, 11) is 0. The van der Waals surface area contributed by atoms with Gasteiger partial charge in [-0.25, -0.2) is 0 Å².